The lowest BCUT2D eigenvalue weighted by Crippen LogP contribution is -1.90. The third-order valence-corrected chi connectivity index (χ3v) is 1.29. The highest BCUT2D eigenvalue weighted by Gasteiger charge is 2.18. The molecule has 1 aliphatic carbocycles. The second kappa shape index (κ2) is 1.22. The van der Waals surface area contributed by atoms with Crippen LogP contribution in [-0.4, -0.2) is 6.21 Å². The summed E-state index contributed by atoms with van der Waals surface area (Å²) in [5.41, 5.74) is 0. The van der Waals surface area contributed by atoms with Gasteiger partial charge in [-0.1, -0.05) is 17.3 Å². The monoisotopic (exact) mass is 107 g/mol. The van der Waals surface area contributed by atoms with Crippen molar-refractivity contribution in [2.24, 2.45) is 11.1 Å². The summed E-state index contributed by atoms with van der Waals surface area (Å²) in [4.78, 5) is 4.84. The Hall–Kier alpha value is -1.05. The number of hydrogen-bond donors (Lipinski definition) is 0. The molecule has 1 atom stereocenters. The SMILES string of the molecule is C1=CC2C=NOC2=C1. The van der Waals surface area contributed by atoms with E-state index in [2.05, 4.69) is 5.16 Å². The van der Waals surface area contributed by atoms with E-state index in [1.165, 1.54) is 0 Å². The van der Waals surface area contributed by atoms with Crippen molar-refractivity contribution < 1.29 is 4.84 Å². The van der Waals surface area contributed by atoms with E-state index in [0.717, 1.165) is 5.76 Å². The molecule has 0 N–H and O–H groups in total. The molecular weight excluding hydrogens is 102 g/mol. The minimum absolute atomic E-state index is 0.343. The summed E-state index contributed by atoms with van der Waals surface area (Å²) in [5.74, 6) is 1.29. The van der Waals surface area contributed by atoms with Crippen molar-refractivity contribution in [3.8, 4) is 0 Å². The Morgan fingerprint density at radius 2 is 2.62 bits per heavy atom. The molecule has 1 heterocycles. The number of nitrogens with zero attached hydrogens (tertiary/aromatic N) is 1. The van der Waals surface area contributed by atoms with E-state index >= 15 is 0 Å². The van der Waals surface area contributed by atoms with E-state index < -0.39 is 0 Å². The first-order valence-corrected chi connectivity index (χ1v) is 2.56. The molecule has 0 amide bonds. The van der Waals surface area contributed by atoms with Crippen molar-refractivity contribution in [2.75, 3.05) is 0 Å². The van der Waals surface area contributed by atoms with Crippen molar-refractivity contribution in [1.82, 2.24) is 0 Å². The lowest BCUT2D eigenvalue weighted by atomic mass is 10.2. The summed E-state index contributed by atoms with van der Waals surface area (Å²) in [6, 6.07) is 0. The largest absolute Gasteiger partial charge is 0.361 e. The molecule has 2 aliphatic rings. The molecule has 0 aromatic rings. The standard InChI is InChI=1S/C6H5NO/c1-2-5-4-7-8-6(5)3-1/h1-5H. The number of fused-ring (bicyclic) bond motifs is 1. The van der Waals surface area contributed by atoms with Crippen molar-refractivity contribution in [3.05, 3.63) is 24.0 Å². The first-order chi connectivity index (χ1) is 3.97. The van der Waals surface area contributed by atoms with Gasteiger partial charge in [0, 0.05) is 0 Å². The van der Waals surface area contributed by atoms with E-state index in [4.69, 9.17) is 4.84 Å². The normalized spacial score (nSPS) is 30.0. The molecule has 1 unspecified atom stereocenters. The summed E-state index contributed by atoms with van der Waals surface area (Å²) in [5, 5.41) is 3.62. The second-order valence-corrected chi connectivity index (χ2v) is 1.83. The minimum Gasteiger partial charge on any atom is -0.361 e. The summed E-state index contributed by atoms with van der Waals surface area (Å²) in [6.07, 6.45) is 7.74. The molecule has 2 nitrogen and oxygen atoms in total. The molecule has 0 saturated carbocycles. The van der Waals surface area contributed by atoms with Gasteiger partial charge < -0.3 is 4.84 Å². The molecule has 0 saturated heterocycles. The number of rotatable bonds is 0. The molecule has 0 fully saturated rings. The first kappa shape index (κ1) is 3.89. The predicted octanol–water partition coefficient (Wildman–Crippen LogP) is 1.07. The molecule has 2 heteroatoms. The number of oxime groups is 1. The Bertz CT molecular complexity index is 191. The molecule has 2 rings (SSSR count). The summed E-state index contributed by atoms with van der Waals surface area (Å²) < 4.78 is 0. The Kier molecular flexibility index (Phi) is 0.592. The van der Waals surface area contributed by atoms with Crippen LogP contribution in [0.3, 0.4) is 0 Å². The third kappa shape index (κ3) is 0.346. The molecule has 0 aromatic carbocycles. The van der Waals surface area contributed by atoms with E-state index in [-0.39, 0.29) is 0 Å². The predicted molar refractivity (Wildman–Crippen MR) is 30.3 cm³/mol. The maximum Gasteiger partial charge on any atom is 0.147 e. The van der Waals surface area contributed by atoms with Crippen LogP contribution in [0.1, 0.15) is 0 Å². The Labute approximate surface area is 47.1 Å². The lowest BCUT2D eigenvalue weighted by Gasteiger charge is -1.91. The quantitative estimate of drug-likeness (QED) is 0.453. The van der Waals surface area contributed by atoms with Crippen LogP contribution in [0.5, 0.6) is 0 Å². The third-order valence-electron chi connectivity index (χ3n) is 1.29. The molecular formula is C6H5NO. The molecule has 0 spiro atoms. The van der Waals surface area contributed by atoms with E-state index in [1.807, 2.05) is 18.2 Å². The Morgan fingerprint density at radius 3 is 3.50 bits per heavy atom. The zero-order valence-corrected chi connectivity index (χ0v) is 4.24. The van der Waals surface area contributed by atoms with Crippen LogP contribution in [0, 0.1) is 5.92 Å². The maximum absolute atomic E-state index is 4.84. The number of allylic oxidation sites excluding steroid dienone is 3. The fraction of sp³-hybridized carbons (Fsp3) is 0.167. The van der Waals surface area contributed by atoms with Gasteiger partial charge in [0.1, 0.15) is 5.76 Å². The molecule has 0 bridgehead atoms. The summed E-state index contributed by atoms with van der Waals surface area (Å²) in [6.45, 7) is 0. The van der Waals surface area contributed by atoms with Crippen LogP contribution in [0.15, 0.2) is 29.1 Å². The molecule has 1 aliphatic heterocycles. The zero-order chi connectivity index (χ0) is 5.40. The van der Waals surface area contributed by atoms with Gasteiger partial charge in [0.05, 0.1) is 12.1 Å². The van der Waals surface area contributed by atoms with Crippen molar-refractivity contribution >= 4 is 6.21 Å². The fourth-order valence-electron chi connectivity index (χ4n) is 0.847. The molecule has 40 valence electrons. The highest BCUT2D eigenvalue weighted by molar-refractivity contribution is 5.70. The van der Waals surface area contributed by atoms with Crippen molar-refractivity contribution in [3.63, 3.8) is 0 Å². The van der Waals surface area contributed by atoms with Crippen molar-refractivity contribution in [2.45, 2.75) is 0 Å². The van der Waals surface area contributed by atoms with Gasteiger partial charge in [-0.25, -0.2) is 0 Å². The highest BCUT2D eigenvalue weighted by atomic mass is 16.6. The van der Waals surface area contributed by atoms with Gasteiger partial charge >= 0.3 is 0 Å². The Balaban J connectivity index is 2.39. The van der Waals surface area contributed by atoms with Crippen LogP contribution in [-0.2, 0) is 4.84 Å². The van der Waals surface area contributed by atoms with Crippen LogP contribution in [0.25, 0.3) is 0 Å². The van der Waals surface area contributed by atoms with E-state index in [1.54, 1.807) is 6.21 Å². The van der Waals surface area contributed by atoms with Gasteiger partial charge in [-0.2, -0.15) is 0 Å². The van der Waals surface area contributed by atoms with Gasteiger partial charge in [0.2, 0.25) is 0 Å². The van der Waals surface area contributed by atoms with Crippen molar-refractivity contribution in [1.29, 1.82) is 0 Å². The van der Waals surface area contributed by atoms with Crippen LogP contribution in [0.2, 0.25) is 0 Å². The van der Waals surface area contributed by atoms with Gasteiger partial charge in [-0.05, 0) is 6.08 Å². The van der Waals surface area contributed by atoms with Gasteiger partial charge in [0.25, 0.3) is 0 Å². The first-order valence-electron chi connectivity index (χ1n) is 2.56. The minimum atomic E-state index is 0.343. The molecule has 8 heavy (non-hydrogen) atoms. The highest BCUT2D eigenvalue weighted by Crippen LogP contribution is 2.22. The smallest absolute Gasteiger partial charge is 0.147 e. The van der Waals surface area contributed by atoms with Crippen LogP contribution in [0.4, 0.5) is 0 Å². The summed E-state index contributed by atoms with van der Waals surface area (Å²) in [7, 11) is 0. The second-order valence-electron chi connectivity index (χ2n) is 1.83. The van der Waals surface area contributed by atoms with Gasteiger partial charge in [0.15, 0.2) is 0 Å². The van der Waals surface area contributed by atoms with Crippen LogP contribution < -0.4 is 0 Å². The van der Waals surface area contributed by atoms with E-state index in [0.29, 0.717) is 5.92 Å². The molecule has 0 aromatic heterocycles. The Morgan fingerprint density at radius 1 is 1.62 bits per heavy atom. The lowest BCUT2D eigenvalue weighted by molar-refractivity contribution is 0.239. The van der Waals surface area contributed by atoms with Gasteiger partial charge in [-0.15, -0.1) is 0 Å². The average molecular weight is 107 g/mol. The summed E-state index contributed by atoms with van der Waals surface area (Å²) >= 11 is 0. The molecule has 0 radical (unpaired) electrons. The zero-order valence-electron chi connectivity index (χ0n) is 4.24. The topological polar surface area (TPSA) is 21.6 Å². The average Bonchev–Trinajstić information content (AvgIpc) is 2.15. The van der Waals surface area contributed by atoms with E-state index in [9.17, 15) is 0 Å². The number of hydrogen-bond acceptors (Lipinski definition) is 2. The van der Waals surface area contributed by atoms with Gasteiger partial charge in [-0.3, -0.25) is 0 Å². The van der Waals surface area contributed by atoms with Crippen LogP contribution >= 0.6 is 0 Å². The fourth-order valence-corrected chi connectivity index (χ4v) is 0.847. The maximum atomic E-state index is 4.84.